The van der Waals surface area contributed by atoms with Crippen molar-refractivity contribution in [1.82, 2.24) is 14.1 Å². The van der Waals surface area contributed by atoms with Crippen molar-refractivity contribution in [2.75, 3.05) is 12.4 Å². The van der Waals surface area contributed by atoms with Crippen molar-refractivity contribution in [2.45, 2.75) is 6.54 Å². The Bertz CT molecular complexity index is 1000. The SMILES string of the molecule is COc1ccc(CNc2ccnc3c2c(=O)n(C)c(=O)n3C)cc1. The molecule has 2 heterocycles. The number of fused-ring (bicyclic) bond motifs is 1. The minimum atomic E-state index is -0.396. The summed E-state index contributed by atoms with van der Waals surface area (Å²) in [5.74, 6) is 0.789. The fraction of sp³-hybridized carbons (Fsp3) is 0.235. The van der Waals surface area contributed by atoms with Crippen LogP contribution in [0.15, 0.2) is 46.1 Å². The molecule has 0 aliphatic heterocycles. The standard InChI is InChI=1S/C17H18N4O3/c1-20-15-14(16(22)21(2)17(20)23)13(8-9-18-15)19-10-11-4-6-12(24-3)7-5-11/h4-9H,10H2,1-3H3,(H,18,19). The van der Waals surface area contributed by atoms with Crippen molar-refractivity contribution >= 4 is 16.7 Å². The molecule has 0 spiro atoms. The molecule has 0 saturated carbocycles. The van der Waals surface area contributed by atoms with Gasteiger partial charge in [-0.25, -0.2) is 9.78 Å². The predicted octanol–water partition coefficient (Wildman–Crippen LogP) is 1.25. The van der Waals surface area contributed by atoms with Gasteiger partial charge in [0.1, 0.15) is 11.1 Å². The normalized spacial score (nSPS) is 10.8. The third-order valence-corrected chi connectivity index (χ3v) is 3.98. The van der Waals surface area contributed by atoms with Gasteiger partial charge in [0.05, 0.1) is 12.8 Å². The number of methoxy groups -OCH3 is 1. The molecule has 0 amide bonds. The smallest absolute Gasteiger partial charge is 0.332 e. The van der Waals surface area contributed by atoms with Crippen LogP contribution in [-0.4, -0.2) is 21.2 Å². The molecule has 1 N–H and O–H groups in total. The molecule has 0 atom stereocenters. The zero-order chi connectivity index (χ0) is 17.3. The molecule has 0 saturated heterocycles. The molecule has 1 aromatic carbocycles. The highest BCUT2D eigenvalue weighted by Crippen LogP contribution is 2.18. The van der Waals surface area contributed by atoms with Crippen LogP contribution >= 0.6 is 0 Å². The Kier molecular flexibility index (Phi) is 4.07. The van der Waals surface area contributed by atoms with Crippen LogP contribution in [0.5, 0.6) is 5.75 Å². The summed E-state index contributed by atoms with van der Waals surface area (Å²) in [6.45, 7) is 0.537. The van der Waals surface area contributed by atoms with Crippen LogP contribution in [0.4, 0.5) is 5.69 Å². The van der Waals surface area contributed by atoms with Gasteiger partial charge in [-0.1, -0.05) is 12.1 Å². The van der Waals surface area contributed by atoms with Gasteiger partial charge in [0.25, 0.3) is 5.56 Å². The second-order valence-corrected chi connectivity index (χ2v) is 5.46. The third-order valence-electron chi connectivity index (χ3n) is 3.98. The maximum absolute atomic E-state index is 12.5. The highest BCUT2D eigenvalue weighted by molar-refractivity contribution is 5.88. The predicted molar refractivity (Wildman–Crippen MR) is 92.5 cm³/mol. The number of nitrogens with zero attached hydrogens (tertiary/aromatic N) is 3. The highest BCUT2D eigenvalue weighted by Gasteiger charge is 2.13. The Morgan fingerprint density at radius 1 is 1.08 bits per heavy atom. The lowest BCUT2D eigenvalue weighted by molar-refractivity contribution is 0.414. The minimum Gasteiger partial charge on any atom is -0.497 e. The molecule has 124 valence electrons. The number of hydrogen-bond acceptors (Lipinski definition) is 5. The van der Waals surface area contributed by atoms with Gasteiger partial charge in [-0.15, -0.1) is 0 Å². The van der Waals surface area contributed by atoms with Gasteiger partial charge in [0.2, 0.25) is 0 Å². The van der Waals surface area contributed by atoms with Crippen LogP contribution < -0.4 is 21.3 Å². The first kappa shape index (κ1) is 15.8. The van der Waals surface area contributed by atoms with Crippen LogP contribution in [0.25, 0.3) is 11.0 Å². The van der Waals surface area contributed by atoms with Crippen molar-refractivity contribution in [3.8, 4) is 5.75 Å². The number of nitrogens with one attached hydrogen (secondary N) is 1. The van der Waals surface area contributed by atoms with Gasteiger partial charge < -0.3 is 10.1 Å². The Hall–Kier alpha value is -3.09. The molecule has 0 aliphatic carbocycles. The van der Waals surface area contributed by atoms with Crippen LogP contribution in [0.3, 0.4) is 0 Å². The first-order valence-corrected chi connectivity index (χ1v) is 7.44. The molecular weight excluding hydrogens is 308 g/mol. The Morgan fingerprint density at radius 3 is 2.46 bits per heavy atom. The molecule has 3 rings (SSSR count). The molecule has 2 aromatic heterocycles. The Labute approximate surface area is 138 Å². The van der Waals surface area contributed by atoms with Gasteiger partial charge in [0, 0.05) is 26.8 Å². The van der Waals surface area contributed by atoms with Crippen molar-refractivity contribution in [3.63, 3.8) is 0 Å². The average Bonchev–Trinajstić information content (AvgIpc) is 2.63. The molecule has 0 unspecified atom stereocenters. The highest BCUT2D eigenvalue weighted by atomic mass is 16.5. The number of pyridine rings is 1. The van der Waals surface area contributed by atoms with Crippen LogP contribution in [-0.2, 0) is 20.6 Å². The summed E-state index contributed by atoms with van der Waals surface area (Å²) in [5.41, 5.74) is 1.29. The number of anilines is 1. The lowest BCUT2D eigenvalue weighted by Crippen LogP contribution is -2.37. The summed E-state index contributed by atoms with van der Waals surface area (Å²) in [6, 6.07) is 9.39. The maximum atomic E-state index is 12.5. The first-order valence-electron chi connectivity index (χ1n) is 7.44. The first-order chi connectivity index (χ1) is 11.5. The molecule has 7 heteroatoms. The lowest BCUT2D eigenvalue weighted by atomic mass is 10.2. The number of hydrogen-bond donors (Lipinski definition) is 1. The number of aryl methyl sites for hydroxylation is 1. The second kappa shape index (κ2) is 6.19. The van der Waals surface area contributed by atoms with Crippen molar-refractivity contribution in [2.24, 2.45) is 14.1 Å². The number of ether oxygens (including phenoxy) is 1. The lowest BCUT2D eigenvalue weighted by Gasteiger charge is -2.12. The molecule has 0 aliphatic rings. The van der Waals surface area contributed by atoms with E-state index in [1.165, 1.54) is 11.6 Å². The Morgan fingerprint density at radius 2 is 1.79 bits per heavy atom. The molecule has 7 nitrogen and oxygen atoms in total. The fourth-order valence-electron chi connectivity index (χ4n) is 2.57. The Balaban J connectivity index is 2.00. The summed E-state index contributed by atoms with van der Waals surface area (Å²) < 4.78 is 7.59. The van der Waals surface area contributed by atoms with Crippen molar-refractivity contribution in [3.05, 3.63) is 62.9 Å². The molecular formula is C17H18N4O3. The van der Waals surface area contributed by atoms with Crippen molar-refractivity contribution in [1.29, 1.82) is 0 Å². The maximum Gasteiger partial charge on any atom is 0.332 e. The molecule has 0 radical (unpaired) electrons. The summed E-state index contributed by atoms with van der Waals surface area (Å²) in [7, 11) is 4.69. The summed E-state index contributed by atoms with van der Waals surface area (Å²) >= 11 is 0. The van der Waals surface area contributed by atoms with Gasteiger partial charge in [-0.2, -0.15) is 0 Å². The van der Waals surface area contributed by atoms with E-state index >= 15 is 0 Å². The van der Waals surface area contributed by atoms with Gasteiger partial charge >= 0.3 is 5.69 Å². The minimum absolute atomic E-state index is 0.363. The van der Waals surface area contributed by atoms with E-state index < -0.39 is 5.69 Å². The summed E-state index contributed by atoms with van der Waals surface area (Å²) in [4.78, 5) is 28.7. The van der Waals surface area contributed by atoms with E-state index in [-0.39, 0.29) is 5.56 Å². The zero-order valence-electron chi connectivity index (χ0n) is 13.7. The monoisotopic (exact) mass is 326 g/mol. The van der Waals surface area contributed by atoms with Crippen LogP contribution in [0, 0.1) is 0 Å². The van der Waals surface area contributed by atoms with E-state index in [1.54, 1.807) is 26.4 Å². The zero-order valence-corrected chi connectivity index (χ0v) is 13.7. The fourth-order valence-corrected chi connectivity index (χ4v) is 2.57. The number of rotatable bonds is 4. The van der Waals surface area contributed by atoms with E-state index in [9.17, 15) is 9.59 Å². The number of aromatic nitrogens is 3. The van der Waals surface area contributed by atoms with Gasteiger partial charge in [-0.3, -0.25) is 13.9 Å². The van der Waals surface area contributed by atoms with E-state index in [0.29, 0.717) is 23.3 Å². The molecule has 24 heavy (non-hydrogen) atoms. The van der Waals surface area contributed by atoms with Gasteiger partial charge in [-0.05, 0) is 23.8 Å². The van der Waals surface area contributed by atoms with E-state index in [0.717, 1.165) is 15.9 Å². The summed E-state index contributed by atoms with van der Waals surface area (Å²) in [6.07, 6.45) is 1.58. The second-order valence-electron chi connectivity index (χ2n) is 5.46. The largest absolute Gasteiger partial charge is 0.497 e. The third kappa shape index (κ3) is 2.64. The summed E-state index contributed by atoms with van der Waals surface area (Å²) in [5, 5.41) is 3.65. The van der Waals surface area contributed by atoms with Crippen molar-refractivity contribution < 1.29 is 4.74 Å². The van der Waals surface area contributed by atoms with E-state index in [2.05, 4.69) is 10.3 Å². The van der Waals surface area contributed by atoms with Gasteiger partial charge in [0.15, 0.2) is 5.65 Å². The quantitative estimate of drug-likeness (QED) is 0.781. The van der Waals surface area contributed by atoms with E-state index in [4.69, 9.17) is 4.74 Å². The average molecular weight is 326 g/mol. The molecule has 0 fully saturated rings. The van der Waals surface area contributed by atoms with Crippen LogP contribution in [0.2, 0.25) is 0 Å². The van der Waals surface area contributed by atoms with Crippen LogP contribution in [0.1, 0.15) is 5.56 Å². The molecule has 3 aromatic rings. The topological polar surface area (TPSA) is 78.2 Å². The van der Waals surface area contributed by atoms with E-state index in [1.807, 2.05) is 24.3 Å². The number of benzene rings is 1. The molecule has 0 bridgehead atoms.